The van der Waals surface area contributed by atoms with Gasteiger partial charge in [-0.15, -0.1) is 0 Å². The molecule has 0 bridgehead atoms. The smallest absolute Gasteiger partial charge is 0.0410 e. The fraction of sp³-hybridized carbons (Fsp3) is 0.333. The van der Waals surface area contributed by atoms with Gasteiger partial charge in [-0.05, 0) is 49.6 Å². The van der Waals surface area contributed by atoms with Crippen molar-refractivity contribution in [1.29, 1.82) is 0 Å². The van der Waals surface area contributed by atoms with E-state index in [1.807, 2.05) is 0 Å². The van der Waals surface area contributed by atoms with Crippen LogP contribution < -0.4 is 4.90 Å². The van der Waals surface area contributed by atoms with Crippen LogP contribution in [-0.2, 0) is 6.42 Å². The maximum Gasteiger partial charge on any atom is 0.0410 e. The van der Waals surface area contributed by atoms with Crippen LogP contribution >= 0.6 is 0 Å². The predicted octanol–water partition coefficient (Wildman–Crippen LogP) is 5.11. The third-order valence-electron chi connectivity index (χ3n) is 3.54. The first-order valence-corrected chi connectivity index (χ1v) is 7.10. The third-order valence-corrected chi connectivity index (χ3v) is 3.54. The first kappa shape index (κ1) is 13.7. The van der Waals surface area contributed by atoms with Crippen molar-refractivity contribution >= 4 is 11.4 Å². The highest BCUT2D eigenvalue weighted by atomic mass is 15.1. The topological polar surface area (TPSA) is 3.24 Å². The van der Waals surface area contributed by atoms with E-state index in [4.69, 9.17) is 0 Å². The van der Waals surface area contributed by atoms with Crippen LogP contribution in [0.15, 0.2) is 48.5 Å². The molecule has 2 aromatic carbocycles. The normalized spacial score (nSPS) is 10.5. The van der Waals surface area contributed by atoms with Crippen LogP contribution in [0.3, 0.4) is 0 Å². The van der Waals surface area contributed by atoms with Crippen molar-refractivity contribution in [1.82, 2.24) is 0 Å². The molecule has 0 aromatic heterocycles. The van der Waals surface area contributed by atoms with Gasteiger partial charge in [-0.3, -0.25) is 0 Å². The molecule has 0 fully saturated rings. The molecule has 0 aliphatic carbocycles. The van der Waals surface area contributed by atoms with E-state index in [0.717, 1.165) is 0 Å². The van der Waals surface area contributed by atoms with Crippen LogP contribution in [0.5, 0.6) is 0 Å². The molecule has 0 radical (unpaired) electrons. The standard InChI is InChI=1S/C18H23N/c1-4-5-7-16-8-6-9-18(14-16)19(3)17-12-10-15(2)11-13-17/h6,8-14H,4-5,7H2,1-3H3. The van der Waals surface area contributed by atoms with Gasteiger partial charge in [-0.2, -0.15) is 0 Å². The number of anilines is 2. The van der Waals surface area contributed by atoms with Gasteiger partial charge >= 0.3 is 0 Å². The number of hydrogen-bond donors (Lipinski definition) is 0. The molecule has 100 valence electrons. The molecule has 0 heterocycles. The maximum atomic E-state index is 2.30. The zero-order chi connectivity index (χ0) is 13.7. The summed E-state index contributed by atoms with van der Waals surface area (Å²) in [5, 5.41) is 0. The molecular formula is C18H23N. The van der Waals surface area contributed by atoms with E-state index in [9.17, 15) is 0 Å². The summed E-state index contributed by atoms with van der Waals surface area (Å²) < 4.78 is 0. The zero-order valence-corrected chi connectivity index (χ0v) is 12.2. The lowest BCUT2D eigenvalue weighted by atomic mass is 10.1. The maximum absolute atomic E-state index is 2.30. The molecule has 0 saturated carbocycles. The van der Waals surface area contributed by atoms with Gasteiger partial charge < -0.3 is 4.90 Å². The fourth-order valence-corrected chi connectivity index (χ4v) is 2.22. The molecule has 19 heavy (non-hydrogen) atoms. The largest absolute Gasteiger partial charge is 0.345 e. The van der Waals surface area contributed by atoms with Gasteiger partial charge in [-0.1, -0.05) is 43.2 Å². The summed E-state index contributed by atoms with van der Waals surface area (Å²) in [4.78, 5) is 2.24. The van der Waals surface area contributed by atoms with Crippen molar-refractivity contribution < 1.29 is 0 Å². The summed E-state index contributed by atoms with van der Waals surface area (Å²) in [6.07, 6.45) is 3.68. The quantitative estimate of drug-likeness (QED) is 0.716. The summed E-state index contributed by atoms with van der Waals surface area (Å²) in [5.74, 6) is 0. The van der Waals surface area contributed by atoms with Crippen LogP contribution in [0.4, 0.5) is 11.4 Å². The van der Waals surface area contributed by atoms with Gasteiger partial charge in [0.1, 0.15) is 0 Å². The molecular weight excluding hydrogens is 230 g/mol. The molecule has 0 N–H and O–H groups in total. The predicted molar refractivity (Wildman–Crippen MR) is 84.3 cm³/mol. The van der Waals surface area contributed by atoms with Crippen LogP contribution in [-0.4, -0.2) is 7.05 Å². The first-order chi connectivity index (χ1) is 9.20. The van der Waals surface area contributed by atoms with E-state index in [-0.39, 0.29) is 0 Å². The van der Waals surface area contributed by atoms with Gasteiger partial charge in [0.25, 0.3) is 0 Å². The minimum absolute atomic E-state index is 1.17. The van der Waals surface area contributed by atoms with Gasteiger partial charge in [0.05, 0.1) is 0 Å². The Balaban J connectivity index is 2.18. The van der Waals surface area contributed by atoms with E-state index in [2.05, 4.69) is 74.3 Å². The molecule has 0 aliphatic heterocycles. The Morgan fingerprint density at radius 2 is 1.68 bits per heavy atom. The summed E-state index contributed by atoms with van der Waals surface area (Å²) in [6.45, 7) is 4.36. The zero-order valence-electron chi connectivity index (χ0n) is 12.2. The van der Waals surface area contributed by atoms with Gasteiger partial charge in [0.15, 0.2) is 0 Å². The SMILES string of the molecule is CCCCc1cccc(N(C)c2ccc(C)cc2)c1. The second-order valence-corrected chi connectivity index (χ2v) is 5.17. The Morgan fingerprint density at radius 3 is 2.37 bits per heavy atom. The van der Waals surface area contributed by atoms with Crippen LogP contribution in [0.25, 0.3) is 0 Å². The van der Waals surface area contributed by atoms with E-state index in [1.54, 1.807) is 0 Å². The number of rotatable bonds is 5. The monoisotopic (exact) mass is 253 g/mol. The first-order valence-electron chi connectivity index (χ1n) is 7.10. The third kappa shape index (κ3) is 3.60. The molecule has 0 spiro atoms. The van der Waals surface area contributed by atoms with Crippen molar-refractivity contribution in [3.63, 3.8) is 0 Å². The minimum atomic E-state index is 1.17. The van der Waals surface area contributed by atoms with Crippen molar-refractivity contribution in [2.75, 3.05) is 11.9 Å². The summed E-state index contributed by atoms with van der Waals surface area (Å²) in [6, 6.07) is 17.5. The number of hydrogen-bond acceptors (Lipinski definition) is 1. The lowest BCUT2D eigenvalue weighted by Gasteiger charge is -2.20. The number of aryl methyl sites for hydroxylation is 2. The molecule has 2 rings (SSSR count). The van der Waals surface area contributed by atoms with E-state index in [0.29, 0.717) is 0 Å². The highest BCUT2D eigenvalue weighted by Gasteiger charge is 2.04. The molecule has 0 aliphatic rings. The lowest BCUT2D eigenvalue weighted by molar-refractivity contribution is 0.795. The molecule has 0 amide bonds. The van der Waals surface area contributed by atoms with Crippen molar-refractivity contribution in [3.8, 4) is 0 Å². The van der Waals surface area contributed by atoms with Crippen LogP contribution in [0.1, 0.15) is 30.9 Å². The van der Waals surface area contributed by atoms with E-state index < -0.39 is 0 Å². The van der Waals surface area contributed by atoms with Crippen molar-refractivity contribution in [2.24, 2.45) is 0 Å². The molecule has 1 nitrogen and oxygen atoms in total. The Kier molecular flexibility index (Phi) is 4.62. The van der Waals surface area contributed by atoms with Gasteiger partial charge in [-0.25, -0.2) is 0 Å². The second-order valence-electron chi connectivity index (χ2n) is 5.17. The number of unbranched alkanes of at least 4 members (excludes halogenated alkanes) is 1. The van der Waals surface area contributed by atoms with E-state index in [1.165, 1.54) is 41.8 Å². The molecule has 1 heteroatoms. The second kappa shape index (κ2) is 6.42. The molecule has 0 saturated heterocycles. The Hall–Kier alpha value is -1.76. The van der Waals surface area contributed by atoms with Gasteiger partial charge in [0, 0.05) is 18.4 Å². The summed E-state index contributed by atoms with van der Waals surface area (Å²) >= 11 is 0. The van der Waals surface area contributed by atoms with Crippen LogP contribution in [0, 0.1) is 6.92 Å². The lowest BCUT2D eigenvalue weighted by Crippen LogP contribution is -2.09. The molecule has 2 aromatic rings. The summed E-state index contributed by atoms with van der Waals surface area (Å²) in [5.41, 5.74) is 5.22. The van der Waals surface area contributed by atoms with Crippen molar-refractivity contribution in [3.05, 3.63) is 59.7 Å². The average molecular weight is 253 g/mol. The highest BCUT2D eigenvalue weighted by molar-refractivity contribution is 5.63. The molecule has 0 unspecified atom stereocenters. The average Bonchev–Trinajstić information content (AvgIpc) is 2.45. The molecule has 0 atom stereocenters. The van der Waals surface area contributed by atoms with Crippen LogP contribution in [0.2, 0.25) is 0 Å². The minimum Gasteiger partial charge on any atom is -0.345 e. The van der Waals surface area contributed by atoms with E-state index >= 15 is 0 Å². The Bertz CT molecular complexity index is 513. The van der Waals surface area contributed by atoms with Gasteiger partial charge in [0.2, 0.25) is 0 Å². The Morgan fingerprint density at radius 1 is 0.947 bits per heavy atom. The number of nitrogens with zero attached hydrogens (tertiary/aromatic N) is 1. The Labute approximate surface area is 116 Å². The highest BCUT2D eigenvalue weighted by Crippen LogP contribution is 2.24. The van der Waals surface area contributed by atoms with Crippen molar-refractivity contribution in [2.45, 2.75) is 33.1 Å². The number of benzene rings is 2. The summed E-state index contributed by atoms with van der Waals surface area (Å²) in [7, 11) is 2.13. The fourth-order valence-electron chi connectivity index (χ4n) is 2.22.